The second-order valence-corrected chi connectivity index (χ2v) is 7.51. The first-order valence-corrected chi connectivity index (χ1v) is 8.44. The van der Waals surface area contributed by atoms with Crippen LogP contribution in [-0.2, 0) is 13.1 Å². The minimum absolute atomic E-state index is 0.745. The van der Waals surface area contributed by atoms with E-state index in [1.807, 2.05) is 11.3 Å². The van der Waals surface area contributed by atoms with Gasteiger partial charge >= 0.3 is 0 Å². The molecule has 0 amide bonds. The molecule has 0 atom stereocenters. The zero-order valence-electron chi connectivity index (χ0n) is 12.8. The average Bonchev–Trinajstić information content (AvgIpc) is 3.11. The summed E-state index contributed by atoms with van der Waals surface area (Å²) in [5.74, 6) is 0.745. The Morgan fingerprint density at radius 2 is 2.16 bits per heavy atom. The van der Waals surface area contributed by atoms with E-state index in [1.165, 1.54) is 34.7 Å². The monoisotopic (exact) mass is 280 g/mol. The highest BCUT2D eigenvalue weighted by atomic mass is 32.1. The van der Waals surface area contributed by atoms with Gasteiger partial charge in [-0.05, 0) is 43.9 Å². The Balaban J connectivity index is 1.90. The molecule has 1 aliphatic carbocycles. The van der Waals surface area contributed by atoms with Crippen LogP contribution in [0.25, 0.3) is 0 Å². The number of thiophene rings is 1. The number of nitrogens with one attached hydrogen (secondary N) is 1. The summed E-state index contributed by atoms with van der Waals surface area (Å²) < 4.78 is 0. The zero-order valence-corrected chi connectivity index (χ0v) is 13.6. The fraction of sp³-hybridized carbons (Fsp3) is 0.750. The van der Waals surface area contributed by atoms with Crippen LogP contribution in [0.3, 0.4) is 0 Å². The van der Waals surface area contributed by atoms with Gasteiger partial charge in [-0.2, -0.15) is 0 Å². The molecule has 2 nitrogen and oxygen atoms in total. The van der Waals surface area contributed by atoms with Gasteiger partial charge in [0.15, 0.2) is 0 Å². The summed E-state index contributed by atoms with van der Waals surface area (Å²) in [5.41, 5.74) is 1.53. The molecular formula is C16H28N2S. The van der Waals surface area contributed by atoms with Gasteiger partial charge in [0.25, 0.3) is 0 Å². The van der Waals surface area contributed by atoms with E-state index in [-0.39, 0.29) is 0 Å². The van der Waals surface area contributed by atoms with Crippen molar-refractivity contribution < 1.29 is 0 Å². The Morgan fingerprint density at radius 1 is 1.42 bits per heavy atom. The molecule has 1 aromatic heterocycles. The van der Waals surface area contributed by atoms with Gasteiger partial charge in [-0.25, -0.2) is 0 Å². The Kier molecular flexibility index (Phi) is 5.43. The van der Waals surface area contributed by atoms with E-state index in [4.69, 9.17) is 0 Å². The molecule has 108 valence electrons. The smallest absolute Gasteiger partial charge is 0.0302 e. The van der Waals surface area contributed by atoms with Crippen LogP contribution in [0.5, 0.6) is 0 Å². The molecule has 3 heteroatoms. The third-order valence-corrected chi connectivity index (χ3v) is 4.77. The van der Waals surface area contributed by atoms with Gasteiger partial charge < -0.3 is 5.32 Å². The van der Waals surface area contributed by atoms with Crippen molar-refractivity contribution in [2.45, 2.75) is 59.7 Å². The van der Waals surface area contributed by atoms with Crippen LogP contribution in [0.1, 0.15) is 48.9 Å². The molecule has 0 spiro atoms. The Bertz CT molecular complexity index is 393. The molecule has 1 heterocycles. The van der Waals surface area contributed by atoms with Crippen molar-refractivity contribution in [1.29, 1.82) is 0 Å². The van der Waals surface area contributed by atoms with E-state index in [2.05, 4.69) is 44.0 Å². The van der Waals surface area contributed by atoms with Crippen molar-refractivity contribution in [2.24, 2.45) is 5.92 Å². The van der Waals surface area contributed by atoms with Crippen LogP contribution in [-0.4, -0.2) is 24.0 Å². The lowest BCUT2D eigenvalue weighted by atomic mass is 10.1. The van der Waals surface area contributed by atoms with Crippen LogP contribution in [0.4, 0.5) is 0 Å². The van der Waals surface area contributed by atoms with Crippen molar-refractivity contribution in [3.63, 3.8) is 0 Å². The lowest BCUT2D eigenvalue weighted by Crippen LogP contribution is -2.27. The molecule has 0 radical (unpaired) electrons. The van der Waals surface area contributed by atoms with Gasteiger partial charge in [0.2, 0.25) is 0 Å². The van der Waals surface area contributed by atoms with Crippen molar-refractivity contribution in [2.75, 3.05) is 13.1 Å². The molecule has 19 heavy (non-hydrogen) atoms. The maximum absolute atomic E-state index is 3.61. The van der Waals surface area contributed by atoms with Crippen molar-refractivity contribution in [3.8, 4) is 0 Å². The van der Waals surface area contributed by atoms with Crippen LogP contribution < -0.4 is 5.32 Å². The Labute approximate surface area is 122 Å². The average molecular weight is 280 g/mol. The third-order valence-electron chi connectivity index (χ3n) is 3.68. The normalized spacial score (nSPS) is 15.7. The lowest BCUT2D eigenvalue weighted by molar-refractivity contribution is 0.248. The Morgan fingerprint density at radius 3 is 2.74 bits per heavy atom. The van der Waals surface area contributed by atoms with E-state index in [9.17, 15) is 0 Å². The summed E-state index contributed by atoms with van der Waals surface area (Å²) in [5, 5.41) is 3.61. The second-order valence-electron chi connectivity index (χ2n) is 6.17. The first-order chi connectivity index (χ1) is 9.08. The predicted octanol–water partition coefficient (Wildman–Crippen LogP) is 3.79. The van der Waals surface area contributed by atoms with Crippen molar-refractivity contribution in [1.82, 2.24) is 10.2 Å². The standard InChI is InChI=1S/C16H28N2S/c1-5-18(10-12(2)3)11-14-8-16(19-13(14)4)9-17-15-6-7-15/h8,12,15,17H,5-7,9-11H2,1-4H3. The van der Waals surface area contributed by atoms with Gasteiger partial charge in [0, 0.05) is 35.4 Å². The summed E-state index contributed by atoms with van der Waals surface area (Å²) in [6, 6.07) is 3.22. The highest BCUT2D eigenvalue weighted by Crippen LogP contribution is 2.25. The van der Waals surface area contributed by atoms with E-state index in [0.29, 0.717) is 0 Å². The quantitative estimate of drug-likeness (QED) is 0.779. The maximum atomic E-state index is 3.61. The lowest BCUT2D eigenvalue weighted by Gasteiger charge is -2.22. The topological polar surface area (TPSA) is 15.3 Å². The van der Waals surface area contributed by atoms with E-state index in [0.717, 1.165) is 31.6 Å². The molecule has 0 aliphatic heterocycles. The molecule has 0 saturated heterocycles. The van der Waals surface area contributed by atoms with Crippen LogP contribution in [0.15, 0.2) is 6.07 Å². The van der Waals surface area contributed by atoms with Crippen LogP contribution >= 0.6 is 11.3 Å². The van der Waals surface area contributed by atoms with Crippen molar-refractivity contribution in [3.05, 3.63) is 21.4 Å². The molecule has 1 N–H and O–H groups in total. The first kappa shape index (κ1) is 15.0. The van der Waals surface area contributed by atoms with E-state index < -0.39 is 0 Å². The fourth-order valence-electron chi connectivity index (χ4n) is 2.43. The van der Waals surface area contributed by atoms with Crippen LogP contribution in [0.2, 0.25) is 0 Å². The molecule has 1 fully saturated rings. The molecule has 2 rings (SSSR count). The minimum atomic E-state index is 0.745. The first-order valence-electron chi connectivity index (χ1n) is 7.62. The van der Waals surface area contributed by atoms with Gasteiger partial charge in [-0.3, -0.25) is 4.90 Å². The van der Waals surface area contributed by atoms with Crippen molar-refractivity contribution >= 4 is 11.3 Å². The molecule has 0 aromatic carbocycles. The van der Waals surface area contributed by atoms with Gasteiger partial charge in [0.1, 0.15) is 0 Å². The number of nitrogens with zero attached hydrogens (tertiary/aromatic N) is 1. The van der Waals surface area contributed by atoms with Gasteiger partial charge in [0.05, 0.1) is 0 Å². The minimum Gasteiger partial charge on any atom is -0.309 e. The highest BCUT2D eigenvalue weighted by molar-refractivity contribution is 7.12. The number of rotatable bonds is 8. The second kappa shape index (κ2) is 6.87. The number of aryl methyl sites for hydroxylation is 1. The number of hydrogen-bond donors (Lipinski definition) is 1. The molecule has 0 unspecified atom stereocenters. The van der Waals surface area contributed by atoms with Gasteiger partial charge in [-0.1, -0.05) is 20.8 Å². The molecule has 0 bridgehead atoms. The molecule has 1 aliphatic rings. The maximum Gasteiger partial charge on any atom is 0.0302 e. The third kappa shape index (κ3) is 4.90. The predicted molar refractivity (Wildman–Crippen MR) is 84.7 cm³/mol. The largest absolute Gasteiger partial charge is 0.309 e. The molecule has 1 saturated carbocycles. The summed E-state index contributed by atoms with van der Waals surface area (Å²) >= 11 is 1.97. The summed E-state index contributed by atoms with van der Waals surface area (Å²) in [6.07, 6.45) is 2.74. The van der Waals surface area contributed by atoms with Crippen LogP contribution in [0, 0.1) is 12.8 Å². The van der Waals surface area contributed by atoms with E-state index >= 15 is 0 Å². The number of hydrogen-bond acceptors (Lipinski definition) is 3. The summed E-state index contributed by atoms with van der Waals surface area (Å²) in [7, 11) is 0. The highest BCUT2D eigenvalue weighted by Gasteiger charge is 2.20. The summed E-state index contributed by atoms with van der Waals surface area (Å²) in [4.78, 5) is 5.55. The zero-order chi connectivity index (χ0) is 13.8. The fourth-order valence-corrected chi connectivity index (χ4v) is 3.43. The van der Waals surface area contributed by atoms with E-state index in [1.54, 1.807) is 0 Å². The Hall–Kier alpha value is -0.380. The molecule has 1 aromatic rings. The SMILES string of the molecule is CCN(Cc1cc(CNC2CC2)sc1C)CC(C)C. The van der Waals surface area contributed by atoms with Gasteiger partial charge in [-0.15, -0.1) is 11.3 Å². The molecular weight excluding hydrogens is 252 g/mol. The summed E-state index contributed by atoms with van der Waals surface area (Å²) in [6.45, 7) is 13.6.